The quantitative estimate of drug-likeness (QED) is 0.568. The van der Waals surface area contributed by atoms with Crippen LogP contribution in [0.3, 0.4) is 0 Å². The van der Waals surface area contributed by atoms with Gasteiger partial charge in [-0.2, -0.15) is 9.46 Å². The van der Waals surface area contributed by atoms with Gasteiger partial charge in [0.2, 0.25) is 0 Å². The van der Waals surface area contributed by atoms with Crippen molar-refractivity contribution >= 4 is 47.1 Å². The number of aryl methyl sites for hydroxylation is 2. The highest BCUT2D eigenvalue weighted by atomic mass is 32.2. The fraction of sp³-hybridized carbons (Fsp3) is 0.400. The Morgan fingerprint density at radius 1 is 0.789 bits per heavy atom. The van der Waals surface area contributed by atoms with Crippen LogP contribution in [0, 0.1) is 35.6 Å². The van der Waals surface area contributed by atoms with Crippen molar-refractivity contribution < 1.29 is 15.9 Å². The Hall–Kier alpha value is -0.740. The number of hydrogen-bond acceptors (Lipinski definition) is 6. The van der Waals surface area contributed by atoms with Crippen molar-refractivity contribution in [2.45, 2.75) is 27.7 Å². The molecule has 0 fully saturated rings. The molecule has 0 aromatic carbocycles. The highest BCUT2D eigenvalue weighted by Gasteiger charge is 2.01. The fourth-order valence-corrected chi connectivity index (χ4v) is 3.53. The monoisotopic (exact) mass is 340 g/mol. The molecule has 0 unspecified atom stereocenters. The largest absolute Gasteiger partial charge is 0.427 e. The van der Waals surface area contributed by atoms with Crippen LogP contribution in [0.5, 0.6) is 0 Å². The number of aromatic nitrogens is 2. The van der Waals surface area contributed by atoms with E-state index in [9.17, 15) is 0 Å². The first-order valence-electron chi connectivity index (χ1n) is 5.02. The molecule has 0 bridgehead atoms. The van der Waals surface area contributed by atoms with Crippen LogP contribution in [0.4, 0.5) is 0 Å². The molecule has 108 valence electrons. The van der Waals surface area contributed by atoms with E-state index in [-0.39, 0.29) is 5.48 Å². The SMILES string of the molecule is Cc1sc(=S)n(O)c1C.Cc1sc(=S)n(O)c1C.O. The smallest absolute Gasteiger partial charge is 0.196 e. The molecule has 19 heavy (non-hydrogen) atoms. The molecular formula is C10H16N2O3S4. The third kappa shape index (κ3) is 4.11. The summed E-state index contributed by atoms with van der Waals surface area (Å²) < 4.78 is 3.11. The summed E-state index contributed by atoms with van der Waals surface area (Å²) in [5.41, 5.74) is 1.68. The minimum atomic E-state index is 0. The highest BCUT2D eigenvalue weighted by molar-refractivity contribution is 7.73. The highest BCUT2D eigenvalue weighted by Crippen LogP contribution is 2.15. The predicted octanol–water partition coefficient (Wildman–Crippen LogP) is 3.44. The maximum Gasteiger partial charge on any atom is 0.196 e. The number of thiazole rings is 2. The molecule has 0 aliphatic rings. The van der Waals surface area contributed by atoms with Crippen LogP contribution in [0.25, 0.3) is 0 Å². The van der Waals surface area contributed by atoms with Crippen molar-refractivity contribution in [1.29, 1.82) is 0 Å². The van der Waals surface area contributed by atoms with Crippen LogP contribution < -0.4 is 0 Å². The summed E-state index contributed by atoms with van der Waals surface area (Å²) >= 11 is 12.4. The van der Waals surface area contributed by atoms with Crippen molar-refractivity contribution in [3.8, 4) is 0 Å². The molecule has 0 saturated heterocycles. The molecule has 4 N–H and O–H groups in total. The van der Waals surface area contributed by atoms with E-state index in [1.807, 2.05) is 27.7 Å². The van der Waals surface area contributed by atoms with E-state index in [0.29, 0.717) is 7.91 Å². The summed E-state index contributed by atoms with van der Waals surface area (Å²) in [5.74, 6) is 0. The van der Waals surface area contributed by atoms with Gasteiger partial charge in [-0.05, 0) is 52.1 Å². The summed E-state index contributed by atoms with van der Waals surface area (Å²) in [7, 11) is 0. The minimum Gasteiger partial charge on any atom is -0.427 e. The number of hydrogen-bond donors (Lipinski definition) is 2. The Balaban J connectivity index is 0.000000324. The molecular weight excluding hydrogens is 324 g/mol. The lowest BCUT2D eigenvalue weighted by Gasteiger charge is -1.90. The third-order valence-corrected chi connectivity index (χ3v) is 5.23. The summed E-state index contributed by atoms with van der Waals surface area (Å²) in [5, 5.41) is 18.1. The molecule has 0 amide bonds. The zero-order valence-electron chi connectivity index (χ0n) is 10.9. The van der Waals surface area contributed by atoms with Gasteiger partial charge in [0.15, 0.2) is 7.91 Å². The molecule has 5 nitrogen and oxygen atoms in total. The average Bonchev–Trinajstić information content (AvgIpc) is 2.66. The van der Waals surface area contributed by atoms with E-state index >= 15 is 0 Å². The van der Waals surface area contributed by atoms with Gasteiger partial charge in [-0.3, -0.25) is 0 Å². The van der Waals surface area contributed by atoms with Gasteiger partial charge < -0.3 is 15.9 Å². The zero-order chi connectivity index (χ0) is 14.0. The molecule has 0 saturated carbocycles. The molecule has 0 spiro atoms. The van der Waals surface area contributed by atoms with Gasteiger partial charge in [-0.15, -0.1) is 22.7 Å². The van der Waals surface area contributed by atoms with Gasteiger partial charge in [0.05, 0.1) is 11.4 Å². The standard InChI is InChI=1S/2C5H7NOS2.H2O/c2*1-3-4(2)9-5(8)6(3)7;/h2*7H,1-2H3;1H2. The van der Waals surface area contributed by atoms with E-state index in [2.05, 4.69) is 0 Å². The summed E-state index contributed by atoms with van der Waals surface area (Å²) in [6.07, 6.45) is 0. The van der Waals surface area contributed by atoms with Crippen LogP contribution in [0.1, 0.15) is 21.1 Å². The minimum absolute atomic E-state index is 0. The molecule has 0 atom stereocenters. The van der Waals surface area contributed by atoms with E-state index < -0.39 is 0 Å². The summed E-state index contributed by atoms with van der Waals surface area (Å²) in [6, 6.07) is 0. The molecule has 2 heterocycles. The van der Waals surface area contributed by atoms with Gasteiger partial charge in [0, 0.05) is 9.75 Å². The fourth-order valence-electron chi connectivity index (χ4n) is 1.07. The van der Waals surface area contributed by atoms with Gasteiger partial charge >= 0.3 is 0 Å². The lowest BCUT2D eigenvalue weighted by Crippen LogP contribution is -1.91. The van der Waals surface area contributed by atoms with E-state index in [0.717, 1.165) is 30.6 Å². The first-order valence-corrected chi connectivity index (χ1v) is 7.47. The Morgan fingerprint density at radius 3 is 1.11 bits per heavy atom. The van der Waals surface area contributed by atoms with Crippen molar-refractivity contribution in [2.24, 2.45) is 0 Å². The Bertz CT molecular complexity index is 607. The van der Waals surface area contributed by atoms with Crippen LogP contribution >= 0.6 is 47.1 Å². The maximum atomic E-state index is 9.05. The third-order valence-electron chi connectivity index (χ3n) is 2.48. The molecule has 2 aromatic heterocycles. The summed E-state index contributed by atoms with van der Waals surface area (Å²) in [6.45, 7) is 7.54. The van der Waals surface area contributed by atoms with E-state index in [1.165, 1.54) is 22.7 Å². The van der Waals surface area contributed by atoms with Crippen molar-refractivity contribution in [2.75, 3.05) is 0 Å². The normalized spacial score (nSPS) is 9.47. The molecule has 2 aromatic rings. The zero-order valence-corrected chi connectivity index (χ0v) is 14.2. The molecule has 0 aliphatic carbocycles. The van der Waals surface area contributed by atoms with Crippen LogP contribution in [-0.4, -0.2) is 25.4 Å². The lowest BCUT2D eigenvalue weighted by atomic mass is 10.4. The first-order chi connectivity index (χ1) is 8.25. The second-order valence-electron chi connectivity index (χ2n) is 3.64. The molecule has 9 heteroatoms. The van der Waals surface area contributed by atoms with Crippen LogP contribution in [-0.2, 0) is 0 Å². The predicted molar refractivity (Wildman–Crippen MR) is 83.2 cm³/mol. The Kier molecular flexibility index (Phi) is 6.87. The van der Waals surface area contributed by atoms with Crippen LogP contribution in [0.2, 0.25) is 0 Å². The molecule has 0 radical (unpaired) electrons. The van der Waals surface area contributed by atoms with Crippen molar-refractivity contribution in [1.82, 2.24) is 9.46 Å². The summed E-state index contributed by atoms with van der Waals surface area (Å²) in [4.78, 5) is 2.14. The number of nitrogens with zero attached hydrogens (tertiary/aromatic N) is 2. The van der Waals surface area contributed by atoms with Crippen LogP contribution in [0.15, 0.2) is 0 Å². The second-order valence-corrected chi connectivity index (χ2v) is 7.34. The molecule has 2 rings (SSSR count). The maximum absolute atomic E-state index is 9.05. The first kappa shape index (κ1) is 18.3. The molecule has 0 aliphatic heterocycles. The van der Waals surface area contributed by atoms with Gasteiger partial charge in [-0.1, -0.05) is 0 Å². The van der Waals surface area contributed by atoms with Crippen molar-refractivity contribution in [3.05, 3.63) is 29.1 Å². The Morgan fingerprint density at radius 2 is 1.05 bits per heavy atom. The van der Waals surface area contributed by atoms with Gasteiger partial charge in [-0.25, -0.2) is 0 Å². The average molecular weight is 341 g/mol. The second kappa shape index (κ2) is 7.15. The lowest BCUT2D eigenvalue weighted by molar-refractivity contribution is 0.178. The number of rotatable bonds is 0. The topological polar surface area (TPSA) is 81.8 Å². The Labute approximate surface area is 129 Å². The van der Waals surface area contributed by atoms with E-state index in [1.54, 1.807) is 0 Å². The van der Waals surface area contributed by atoms with E-state index in [4.69, 9.17) is 34.9 Å². The van der Waals surface area contributed by atoms with Gasteiger partial charge in [0.25, 0.3) is 0 Å². The van der Waals surface area contributed by atoms with Crippen molar-refractivity contribution in [3.63, 3.8) is 0 Å². The van der Waals surface area contributed by atoms with Gasteiger partial charge in [0.1, 0.15) is 0 Å².